The van der Waals surface area contributed by atoms with Crippen molar-refractivity contribution in [3.8, 4) is 89.4 Å². The first kappa shape index (κ1) is 71.3. The van der Waals surface area contributed by atoms with Crippen LogP contribution in [0.1, 0.15) is 89.0 Å². The third-order valence-electron chi connectivity index (χ3n) is 30.4. The molecule has 6 heteroatoms. The van der Waals surface area contributed by atoms with Gasteiger partial charge in [0.05, 0.1) is 44.1 Å². The van der Waals surface area contributed by atoms with Crippen LogP contribution in [0, 0.1) is 0 Å². The molecular formula is C124H72N2O2S2. The molecule has 0 radical (unpaired) electrons. The first-order valence-electron chi connectivity index (χ1n) is 45.1. The molecule has 22 aromatic rings. The summed E-state index contributed by atoms with van der Waals surface area (Å²) in [6.45, 7) is 0. The van der Waals surface area contributed by atoms with Crippen LogP contribution in [0.3, 0.4) is 0 Å². The van der Waals surface area contributed by atoms with E-state index in [0.717, 1.165) is 89.8 Å². The van der Waals surface area contributed by atoms with E-state index in [1.54, 1.807) is 0 Å². The monoisotopic (exact) mass is 1680 g/mol. The molecule has 0 fully saturated rings. The van der Waals surface area contributed by atoms with E-state index in [1.807, 2.05) is 23.1 Å². The molecule has 20 aromatic carbocycles. The average Bonchev–Trinajstić information content (AvgIpc) is 1.51. The standard InChI is InChI=1S/C124H72N2O2S2/c1-12-40-91-78(29-1)79-30-2-13-41-92(79)121(91)100-49-21-10-38-88(100)117-103(121)52-27-53-107(117)126(76-61-67-112-105(71-76)123(101-50-22-25-56-111(101)127-112)96-45-17-5-33-82(96)83-34-6-18-46-97(83)123)108-54-28-58-115-118(108)90-63-59-73(69-116(90)130-115)77-65-66-109(119-89-39-11-24-55-110(89)128-120(77)119)125(74-60-64-87-86-37-9-16-44-95(86)122(104(87)70-74)93-42-14-3-31-80(93)81-32-4-15-43-94(81)122)75-62-68-114-106(72-75)124(102-51-23-26-57-113(102)129-114)98-47-19-7-35-84(98)85-36-8-20-48-99(85)124/h1-72H. The average molecular weight is 1690 g/mol. The lowest BCUT2D eigenvalue weighted by molar-refractivity contribution is 0.436. The lowest BCUT2D eigenvalue weighted by atomic mass is 9.66. The summed E-state index contributed by atoms with van der Waals surface area (Å²) >= 11 is 3.74. The predicted molar refractivity (Wildman–Crippen MR) is 533 cm³/mol. The van der Waals surface area contributed by atoms with E-state index in [9.17, 15) is 0 Å². The van der Waals surface area contributed by atoms with E-state index in [1.165, 1.54) is 175 Å². The van der Waals surface area contributed by atoms with Gasteiger partial charge in [0.2, 0.25) is 0 Å². The van der Waals surface area contributed by atoms with Gasteiger partial charge in [0.1, 0.15) is 22.7 Å². The lowest BCUT2D eigenvalue weighted by Crippen LogP contribution is -2.32. The summed E-state index contributed by atoms with van der Waals surface area (Å²) in [7, 11) is 0. The minimum atomic E-state index is -0.716. The van der Waals surface area contributed by atoms with E-state index in [-0.39, 0.29) is 0 Å². The van der Waals surface area contributed by atoms with Crippen LogP contribution in [0.2, 0.25) is 0 Å². The molecule has 0 atom stereocenters. The Labute approximate surface area is 759 Å². The summed E-state index contributed by atoms with van der Waals surface area (Å²) in [6.07, 6.45) is 0. The van der Waals surface area contributed by atoms with Crippen molar-refractivity contribution in [3.63, 3.8) is 0 Å². The second-order valence-corrected chi connectivity index (χ2v) is 38.2. The Morgan fingerprint density at radius 2 is 0.608 bits per heavy atom. The van der Waals surface area contributed by atoms with Crippen molar-refractivity contribution >= 4 is 99.3 Å². The molecule has 0 N–H and O–H groups in total. The third-order valence-corrected chi connectivity index (χ3v) is 32.7. The molecule has 0 bridgehead atoms. The van der Waals surface area contributed by atoms with Crippen LogP contribution >= 0.6 is 23.1 Å². The Hall–Kier alpha value is -15.8. The van der Waals surface area contributed by atoms with E-state index in [0.29, 0.717) is 0 Å². The fourth-order valence-corrected chi connectivity index (χ4v) is 28.1. The summed E-state index contributed by atoms with van der Waals surface area (Å²) in [5, 5.41) is 4.43. The van der Waals surface area contributed by atoms with Crippen molar-refractivity contribution in [3.05, 3.63) is 526 Å². The number of anilines is 6. The van der Waals surface area contributed by atoms with Crippen LogP contribution < -0.4 is 14.5 Å². The summed E-state index contributed by atoms with van der Waals surface area (Å²) in [4.78, 5) is 7.71. The van der Waals surface area contributed by atoms with E-state index in [2.05, 4.69) is 447 Å². The van der Waals surface area contributed by atoms with Crippen molar-refractivity contribution in [1.82, 2.24) is 0 Å². The van der Waals surface area contributed by atoms with Crippen LogP contribution in [-0.2, 0) is 21.7 Å². The van der Waals surface area contributed by atoms with Crippen molar-refractivity contribution in [1.29, 1.82) is 0 Å². The van der Waals surface area contributed by atoms with Gasteiger partial charge in [-0.2, -0.15) is 0 Å². The highest BCUT2D eigenvalue weighted by Crippen LogP contribution is 2.70. The normalized spacial score (nSPS) is 14.7. The third kappa shape index (κ3) is 8.83. The van der Waals surface area contributed by atoms with Gasteiger partial charge in [0.15, 0.2) is 0 Å². The fraction of sp³-hybridized carbons (Fsp3) is 0.0323. The largest absolute Gasteiger partial charge is 0.457 e. The van der Waals surface area contributed by atoms with Crippen molar-refractivity contribution in [2.75, 3.05) is 9.80 Å². The second-order valence-electron chi connectivity index (χ2n) is 36.0. The summed E-state index contributed by atoms with van der Waals surface area (Å²) in [5.41, 5.74) is 42.8. The topological polar surface area (TPSA) is 28.9 Å². The molecule has 8 aliphatic rings. The summed E-state index contributed by atoms with van der Waals surface area (Å²) in [5.74, 6) is 1.70. The molecule has 2 aromatic heterocycles. The summed E-state index contributed by atoms with van der Waals surface area (Å²) < 4.78 is 17.2. The number of benzene rings is 20. The molecule has 4 heterocycles. The van der Waals surface area contributed by atoms with Gasteiger partial charge in [-0.25, -0.2) is 0 Å². The van der Waals surface area contributed by atoms with Gasteiger partial charge in [0.25, 0.3) is 0 Å². The Morgan fingerprint density at radius 1 is 0.215 bits per heavy atom. The van der Waals surface area contributed by atoms with Crippen LogP contribution in [0.25, 0.3) is 120 Å². The van der Waals surface area contributed by atoms with Gasteiger partial charge in [-0.15, -0.1) is 11.3 Å². The number of hydrogen-bond donors (Lipinski definition) is 0. The number of nitrogens with zero attached hydrogens (tertiary/aromatic N) is 2. The number of furan rings is 1. The Bertz CT molecular complexity index is 8640. The highest BCUT2D eigenvalue weighted by atomic mass is 32.2. The van der Waals surface area contributed by atoms with Crippen LogP contribution in [0.4, 0.5) is 34.1 Å². The highest BCUT2D eigenvalue weighted by molar-refractivity contribution is 7.99. The SMILES string of the molecule is c1ccc2c(c1)Oc1ccc(N(c3cccc4c3-c3ccccc3C43c4ccccc4-c4ccccc43)c3cccc4sc5cc(-c6ccc(N(c7ccc8c(c7)C7(c9ccccc9S8)c8ccccc8-c8ccccc87)c7ccc8c(c7)C7(c9ccccc9-c9ccccc97)c7ccccc7-8)c7c6oc6ccccc67)ccc5c34)cc1C21c2ccccc2-c2ccccc21. The minimum absolute atomic E-state index is 0.587. The molecule has 0 saturated carbocycles. The van der Waals surface area contributed by atoms with Crippen LogP contribution in [0.15, 0.2) is 451 Å². The van der Waals surface area contributed by atoms with Gasteiger partial charge in [0, 0.05) is 74.7 Å². The minimum Gasteiger partial charge on any atom is -0.457 e. The maximum absolute atomic E-state index is 7.60. The maximum atomic E-state index is 7.60. The molecule has 602 valence electrons. The highest BCUT2D eigenvalue weighted by Gasteiger charge is 2.57. The fourth-order valence-electron chi connectivity index (χ4n) is 25.7. The first-order chi connectivity index (χ1) is 64.5. The molecular weight excluding hydrogens is 1610 g/mol. The molecule has 0 unspecified atom stereocenters. The van der Waals surface area contributed by atoms with Gasteiger partial charge in [-0.05, 0) is 248 Å². The lowest BCUT2D eigenvalue weighted by Gasteiger charge is -2.40. The zero-order valence-electron chi connectivity index (χ0n) is 70.1. The zero-order chi connectivity index (χ0) is 84.6. The van der Waals surface area contributed by atoms with Crippen molar-refractivity contribution in [2.24, 2.45) is 0 Å². The van der Waals surface area contributed by atoms with Gasteiger partial charge in [-0.1, -0.05) is 345 Å². The van der Waals surface area contributed by atoms with Gasteiger partial charge < -0.3 is 19.0 Å². The van der Waals surface area contributed by atoms with E-state index >= 15 is 0 Å². The molecule has 2 aliphatic heterocycles. The quantitative estimate of drug-likeness (QED) is 0.159. The number of thiophene rings is 1. The number of rotatable bonds is 7. The van der Waals surface area contributed by atoms with Gasteiger partial charge >= 0.3 is 0 Å². The Balaban J connectivity index is 0.642. The second kappa shape index (κ2) is 26.0. The number of ether oxygens (including phenoxy) is 1. The molecule has 4 nitrogen and oxygen atoms in total. The number of hydrogen-bond acceptors (Lipinski definition) is 6. The molecule has 0 saturated heterocycles. The summed E-state index contributed by atoms with van der Waals surface area (Å²) in [6, 6.07) is 166. The number of fused-ring (bicyclic) bond motifs is 44. The van der Waals surface area contributed by atoms with Gasteiger partial charge in [-0.3, -0.25) is 0 Å². The molecule has 30 rings (SSSR count). The molecule has 4 spiro atoms. The Morgan fingerprint density at radius 3 is 1.19 bits per heavy atom. The Kier molecular flexibility index (Phi) is 14.2. The van der Waals surface area contributed by atoms with E-state index < -0.39 is 21.7 Å². The first-order valence-corrected chi connectivity index (χ1v) is 46.7. The number of para-hydroxylation sites is 2. The zero-order valence-corrected chi connectivity index (χ0v) is 71.7. The molecule has 6 aliphatic carbocycles. The van der Waals surface area contributed by atoms with E-state index in [4.69, 9.17) is 9.15 Å². The molecule has 0 amide bonds. The van der Waals surface area contributed by atoms with Crippen molar-refractivity contribution in [2.45, 2.75) is 31.5 Å². The van der Waals surface area contributed by atoms with Crippen LogP contribution in [-0.4, -0.2) is 0 Å². The maximum Gasteiger partial charge on any atom is 0.145 e. The van der Waals surface area contributed by atoms with Crippen LogP contribution in [0.5, 0.6) is 11.5 Å². The smallest absolute Gasteiger partial charge is 0.145 e. The molecule has 130 heavy (non-hydrogen) atoms. The van der Waals surface area contributed by atoms with Crippen molar-refractivity contribution < 1.29 is 9.15 Å². The predicted octanol–water partition coefficient (Wildman–Crippen LogP) is 32.5.